The Kier molecular flexibility index (Phi) is 3.32. The Morgan fingerprint density at radius 2 is 1.85 bits per heavy atom. The second-order valence-corrected chi connectivity index (χ2v) is 7.12. The number of carbonyl (C=O) groups is 2. The monoisotopic (exact) mass is 293 g/mol. The lowest BCUT2D eigenvalue weighted by molar-refractivity contribution is -0.119. The summed E-state index contributed by atoms with van der Waals surface area (Å²) in [4.78, 5) is 25.2. The molecule has 4 nitrogen and oxygen atoms in total. The van der Waals surface area contributed by atoms with Crippen molar-refractivity contribution in [3.63, 3.8) is 0 Å². The number of hydrogen-bond donors (Lipinski definition) is 1. The molecule has 1 aromatic rings. The van der Waals surface area contributed by atoms with E-state index in [1.54, 1.807) is 0 Å². The average Bonchev–Trinajstić information content (AvgIpc) is 2.93. The molecule has 1 aromatic heterocycles. The number of ether oxygens (including phenoxy) is 1. The molecule has 0 aliphatic heterocycles. The minimum Gasteiger partial charge on any atom is -0.465 e. The molecule has 5 heteroatoms. The fourth-order valence-electron chi connectivity index (χ4n) is 3.21. The minimum absolute atomic E-state index is 0.0589. The summed E-state index contributed by atoms with van der Waals surface area (Å²) in [5.74, 6) is 1.35. The number of methoxy groups -OCH3 is 1. The summed E-state index contributed by atoms with van der Waals surface area (Å²) in [5, 5.41) is 3.59. The zero-order valence-corrected chi connectivity index (χ0v) is 12.8. The number of fused-ring (bicyclic) bond motifs is 1. The Balaban J connectivity index is 1.78. The van der Waals surface area contributed by atoms with Crippen LogP contribution in [0.1, 0.15) is 40.1 Å². The molecule has 2 unspecified atom stereocenters. The molecule has 2 aliphatic carbocycles. The maximum atomic E-state index is 12.3. The van der Waals surface area contributed by atoms with Gasteiger partial charge in [0.15, 0.2) is 0 Å². The van der Waals surface area contributed by atoms with Crippen LogP contribution in [0, 0.1) is 31.6 Å². The summed E-state index contributed by atoms with van der Waals surface area (Å²) in [6, 6.07) is 0. The van der Waals surface area contributed by atoms with Crippen LogP contribution < -0.4 is 5.32 Å². The van der Waals surface area contributed by atoms with Gasteiger partial charge in [0.2, 0.25) is 5.91 Å². The summed E-state index contributed by atoms with van der Waals surface area (Å²) in [6.07, 6.45) is 3.31. The Bertz CT molecular complexity index is 568. The number of nitrogens with one attached hydrogen (secondary N) is 1. The van der Waals surface area contributed by atoms with Gasteiger partial charge in [-0.05, 0) is 50.5 Å². The van der Waals surface area contributed by atoms with Gasteiger partial charge < -0.3 is 10.1 Å². The second kappa shape index (κ2) is 4.88. The first-order chi connectivity index (χ1) is 9.51. The zero-order valence-electron chi connectivity index (χ0n) is 12.0. The van der Waals surface area contributed by atoms with E-state index in [0.717, 1.165) is 35.1 Å². The predicted octanol–water partition coefficient (Wildman–Crippen LogP) is 3.14. The SMILES string of the molecule is COC(=O)c1c(NC(=O)C2CC3CC3C2)sc(C)c1C. The third-order valence-electron chi connectivity index (χ3n) is 4.63. The van der Waals surface area contributed by atoms with Gasteiger partial charge in [-0.1, -0.05) is 0 Å². The summed E-state index contributed by atoms with van der Waals surface area (Å²) < 4.78 is 4.82. The molecule has 0 bridgehead atoms. The van der Waals surface area contributed by atoms with Gasteiger partial charge >= 0.3 is 5.97 Å². The molecule has 2 fully saturated rings. The molecule has 3 rings (SSSR count). The topological polar surface area (TPSA) is 55.4 Å². The summed E-state index contributed by atoms with van der Waals surface area (Å²) in [7, 11) is 1.37. The van der Waals surface area contributed by atoms with Gasteiger partial charge in [-0.2, -0.15) is 0 Å². The average molecular weight is 293 g/mol. The van der Waals surface area contributed by atoms with Gasteiger partial charge in [0, 0.05) is 10.8 Å². The van der Waals surface area contributed by atoms with E-state index in [1.807, 2.05) is 13.8 Å². The summed E-state index contributed by atoms with van der Waals surface area (Å²) >= 11 is 1.45. The van der Waals surface area contributed by atoms with Crippen molar-refractivity contribution < 1.29 is 14.3 Å². The van der Waals surface area contributed by atoms with Crippen molar-refractivity contribution in [1.29, 1.82) is 0 Å². The van der Waals surface area contributed by atoms with Crippen LogP contribution >= 0.6 is 11.3 Å². The zero-order chi connectivity index (χ0) is 14.4. The molecule has 108 valence electrons. The van der Waals surface area contributed by atoms with E-state index in [9.17, 15) is 9.59 Å². The third kappa shape index (κ3) is 2.24. The van der Waals surface area contributed by atoms with E-state index in [2.05, 4.69) is 5.32 Å². The first kappa shape index (κ1) is 13.6. The van der Waals surface area contributed by atoms with Crippen LogP contribution in [-0.4, -0.2) is 19.0 Å². The Morgan fingerprint density at radius 3 is 2.45 bits per heavy atom. The van der Waals surface area contributed by atoms with Crippen molar-refractivity contribution in [3.8, 4) is 0 Å². The number of carbonyl (C=O) groups excluding carboxylic acids is 2. The number of anilines is 1. The van der Waals surface area contributed by atoms with Crippen LogP contribution in [0.3, 0.4) is 0 Å². The molecule has 2 atom stereocenters. The fourth-order valence-corrected chi connectivity index (χ4v) is 4.26. The molecule has 0 saturated heterocycles. The Morgan fingerprint density at radius 1 is 1.20 bits per heavy atom. The van der Waals surface area contributed by atoms with Crippen molar-refractivity contribution in [2.24, 2.45) is 17.8 Å². The fraction of sp³-hybridized carbons (Fsp3) is 0.600. The number of thiophene rings is 1. The molecule has 0 spiro atoms. The standard InChI is InChI=1S/C15H19NO3S/c1-7-8(2)20-14(12(7)15(18)19-3)16-13(17)11-5-9-4-10(9)6-11/h9-11H,4-6H2,1-3H3,(H,16,17). The number of hydrogen-bond acceptors (Lipinski definition) is 4. The highest BCUT2D eigenvalue weighted by Crippen LogP contribution is 2.54. The van der Waals surface area contributed by atoms with Crippen molar-refractivity contribution in [1.82, 2.24) is 0 Å². The molecule has 2 saturated carbocycles. The van der Waals surface area contributed by atoms with Crippen LogP contribution in [0.2, 0.25) is 0 Å². The molecule has 1 amide bonds. The number of amides is 1. The molecule has 2 aliphatic rings. The lowest BCUT2D eigenvalue weighted by Gasteiger charge is -2.12. The largest absolute Gasteiger partial charge is 0.465 e. The summed E-state index contributed by atoms with van der Waals surface area (Å²) in [6.45, 7) is 3.84. The van der Waals surface area contributed by atoms with Crippen molar-refractivity contribution in [3.05, 3.63) is 16.0 Å². The van der Waals surface area contributed by atoms with Crippen LogP contribution in [-0.2, 0) is 9.53 Å². The normalized spacial score (nSPS) is 27.1. The van der Waals surface area contributed by atoms with Crippen LogP contribution in [0.4, 0.5) is 5.00 Å². The lowest BCUT2D eigenvalue weighted by atomic mass is 10.0. The Hall–Kier alpha value is -1.36. The highest BCUT2D eigenvalue weighted by molar-refractivity contribution is 7.16. The van der Waals surface area contributed by atoms with Crippen molar-refractivity contribution in [2.75, 3.05) is 12.4 Å². The lowest BCUT2D eigenvalue weighted by Crippen LogP contribution is -2.22. The smallest absolute Gasteiger partial charge is 0.341 e. The quantitative estimate of drug-likeness (QED) is 0.871. The Labute approximate surface area is 122 Å². The predicted molar refractivity (Wildman–Crippen MR) is 78.1 cm³/mol. The molecule has 0 aromatic carbocycles. The van der Waals surface area contributed by atoms with E-state index >= 15 is 0 Å². The molecular formula is C15H19NO3S. The maximum Gasteiger partial charge on any atom is 0.341 e. The molecule has 1 heterocycles. The van der Waals surface area contributed by atoms with Gasteiger partial charge in [0.1, 0.15) is 5.00 Å². The number of aryl methyl sites for hydroxylation is 1. The second-order valence-electron chi connectivity index (χ2n) is 5.89. The molecule has 20 heavy (non-hydrogen) atoms. The van der Waals surface area contributed by atoms with E-state index < -0.39 is 0 Å². The van der Waals surface area contributed by atoms with E-state index in [-0.39, 0.29) is 17.8 Å². The highest BCUT2D eigenvalue weighted by Gasteiger charge is 2.48. The van der Waals surface area contributed by atoms with Crippen molar-refractivity contribution >= 4 is 28.2 Å². The third-order valence-corrected chi connectivity index (χ3v) is 5.75. The number of esters is 1. The summed E-state index contributed by atoms with van der Waals surface area (Å²) in [5.41, 5.74) is 1.40. The van der Waals surface area contributed by atoms with E-state index in [0.29, 0.717) is 10.6 Å². The minimum atomic E-state index is -0.378. The first-order valence-electron chi connectivity index (χ1n) is 7.00. The highest BCUT2D eigenvalue weighted by atomic mass is 32.1. The van der Waals surface area contributed by atoms with Gasteiger partial charge in [-0.3, -0.25) is 4.79 Å². The first-order valence-corrected chi connectivity index (χ1v) is 7.82. The van der Waals surface area contributed by atoms with Crippen LogP contribution in [0.5, 0.6) is 0 Å². The molecule has 1 N–H and O–H groups in total. The maximum absolute atomic E-state index is 12.3. The molecule has 0 radical (unpaired) electrons. The van der Waals surface area contributed by atoms with Gasteiger partial charge in [-0.25, -0.2) is 4.79 Å². The van der Waals surface area contributed by atoms with Gasteiger partial charge in [0.25, 0.3) is 0 Å². The van der Waals surface area contributed by atoms with Crippen LogP contribution in [0.25, 0.3) is 0 Å². The van der Waals surface area contributed by atoms with Crippen molar-refractivity contribution in [2.45, 2.75) is 33.1 Å². The molecular weight excluding hydrogens is 274 g/mol. The van der Waals surface area contributed by atoms with E-state index in [1.165, 1.54) is 24.9 Å². The van der Waals surface area contributed by atoms with E-state index in [4.69, 9.17) is 4.74 Å². The van der Waals surface area contributed by atoms with Crippen LogP contribution in [0.15, 0.2) is 0 Å². The van der Waals surface area contributed by atoms with Gasteiger partial charge in [0.05, 0.1) is 12.7 Å². The van der Waals surface area contributed by atoms with Gasteiger partial charge in [-0.15, -0.1) is 11.3 Å². The number of rotatable bonds is 3.